The summed E-state index contributed by atoms with van der Waals surface area (Å²) in [6.45, 7) is 0.748. The second-order valence-corrected chi connectivity index (χ2v) is 5.26. The van der Waals surface area contributed by atoms with Gasteiger partial charge in [0.05, 0.1) is 5.69 Å². The highest BCUT2D eigenvalue weighted by atomic mass is 79.9. The lowest BCUT2D eigenvalue weighted by Crippen LogP contribution is -2.28. The monoisotopic (exact) mass is 272 g/mol. The molecule has 0 radical (unpaired) electrons. The molecule has 0 bridgehead atoms. The molecule has 0 saturated carbocycles. The molecule has 1 unspecified atom stereocenters. The Morgan fingerprint density at radius 2 is 2.43 bits per heavy atom. The fraction of sp³-hybridized carbons (Fsp3) is 0.400. The van der Waals surface area contributed by atoms with E-state index in [4.69, 9.17) is 5.73 Å². The maximum Gasteiger partial charge on any atom is 0.0625 e. The Morgan fingerprint density at radius 1 is 1.57 bits per heavy atom. The maximum atomic E-state index is 5.56. The first-order valence-electron chi connectivity index (χ1n) is 4.69. The molecule has 1 aliphatic rings. The molecule has 1 atom stereocenters. The van der Waals surface area contributed by atoms with Gasteiger partial charge in [-0.05, 0) is 41.0 Å². The number of fused-ring (bicyclic) bond motifs is 1. The zero-order valence-corrected chi connectivity index (χ0v) is 10.2. The van der Waals surface area contributed by atoms with E-state index in [1.165, 1.54) is 10.6 Å². The first kappa shape index (κ1) is 10.3. The molecule has 2 rings (SSSR count). The molecular weight excluding hydrogens is 260 g/mol. The van der Waals surface area contributed by atoms with Crippen molar-refractivity contribution in [3.8, 4) is 0 Å². The van der Waals surface area contributed by atoms with E-state index in [0.717, 1.165) is 23.2 Å². The molecule has 0 saturated heterocycles. The lowest BCUT2D eigenvalue weighted by molar-refractivity contribution is 0.717. The van der Waals surface area contributed by atoms with Gasteiger partial charge in [0.2, 0.25) is 0 Å². The van der Waals surface area contributed by atoms with Gasteiger partial charge in [0.15, 0.2) is 0 Å². The minimum Gasteiger partial charge on any atom is -0.380 e. The summed E-state index contributed by atoms with van der Waals surface area (Å²) in [5.41, 5.74) is 6.78. The van der Waals surface area contributed by atoms with E-state index in [1.807, 2.05) is 11.8 Å². The maximum absolute atomic E-state index is 5.56. The van der Waals surface area contributed by atoms with E-state index in [-0.39, 0.29) is 0 Å². The number of nitrogens with two attached hydrogens (primary N) is 1. The fourth-order valence-electron chi connectivity index (χ4n) is 1.56. The van der Waals surface area contributed by atoms with Crippen molar-refractivity contribution < 1.29 is 0 Å². The van der Waals surface area contributed by atoms with Gasteiger partial charge in [0.1, 0.15) is 0 Å². The smallest absolute Gasteiger partial charge is 0.0625 e. The van der Waals surface area contributed by atoms with E-state index < -0.39 is 0 Å². The quantitative estimate of drug-likeness (QED) is 0.870. The van der Waals surface area contributed by atoms with Crippen molar-refractivity contribution in [2.24, 2.45) is 5.73 Å². The molecule has 1 aliphatic heterocycles. The lowest BCUT2D eigenvalue weighted by Gasteiger charge is -2.27. The summed E-state index contributed by atoms with van der Waals surface area (Å²) in [4.78, 5) is 1.33. The molecule has 14 heavy (non-hydrogen) atoms. The van der Waals surface area contributed by atoms with E-state index in [0.29, 0.717) is 6.04 Å². The Hall–Kier alpha value is -0.190. The van der Waals surface area contributed by atoms with E-state index in [9.17, 15) is 0 Å². The topological polar surface area (TPSA) is 38.0 Å². The van der Waals surface area contributed by atoms with Gasteiger partial charge in [-0.3, -0.25) is 0 Å². The minimum absolute atomic E-state index is 0.510. The molecule has 0 aromatic heterocycles. The number of hydrogen-bond donors (Lipinski definition) is 2. The second kappa shape index (κ2) is 4.55. The predicted molar refractivity (Wildman–Crippen MR) is 65.9 cm³/mol. The third-order valence-corrected chi connectivity index (χ3v) is 4.16. The fourth-order valence-corrected chi connectivity index (χ4v) is 3.29. The van der Waals surface area contributed by atoms with Gasteiger partial charge in [-0.25, -0.2) is 0 Å². The molecule has 4 heteroatoms. The minimum atomic E-state index is 0.510. The van der Waals surface area contributed by atoms with Crippen LogP contribution in [0, 0.1) is 0 Å². The summed E-state index contributed by atoms with van der Waals surface area (Å²) in [6.07, 6.45) is 1.04. The molecule has 2 nitrogen and oxygen atoms in total. The molecule has 0 spiro atoms. The summed E-state index contributed by atoms with van der Waals surface area (Å²) >= 11 is 5.46. The van der Waals surface area contributed by atoms with Crippen LogP contribution in [0.2, 0.25) is 0 Å². The molecule has 0 fully saturated rings. The summed E-state index contributed by atoms with van der Waals surface area (Å²) in [5.74, 6) is 1.11. The highest BCUT2D eigenvalue weighted by molar-refractivity contribution is 9.10. The van der Waals surface area contributed by atoms with Crippen molar-refractivity contribution in [2.75, 3.05) is 17.6 Å². The first-order valence-corrected chi connectivity index (χ1v) is 6.47. The average molecular weight is 273 g/mol. The highest BCUT2D eigenvalue weighted by Crippen LogP contribution is 2.38. The Morgan fingerprint density at radius 3 is 3.21 bits per heavy atom. The lowest BCUT2D eigenvalue weighted by atomic mass is 10.2. The Kier molecular flexibility index (Phi) is 3.36. The molecule has 1 heterocycles. The number of hydrogen-bond acceptors (Lipinski definition) is 3. The van der Waals surface area contributed by atoms with Gasteiger partial charge in [-0.2, -0.15) is 0 Å². The van der Waals surface area contributed by atoms with Gasteiger partial charge in [0, 0.05) is 21.2 Å². The van der Waals surface area contributed by atoms with Crippen LogP contribution in [0.3, 0.4) is 0 Å². The summed E-state index contributed by atoms with van der Waals surface area (Å²) in [5, 5.41) is 3.52. The largest absolute Gasteiger partial charge is 0.380 e. The van der Waals surface area contributed by atoms with Crippen molar-refractivity contribution in [1.82, 2.24) is 0 Å². The molecular formula is C10H13BrN2S. The van der Waals surface area contributed by atoms with Crippen LogP contribution < -0.4 is 11.1 Å². The van der Waals surface area contributed by atoms with Crippen molar-refractivity contribution in [1.29, 1.82) is 0 Å². The van der Waals surface area contributed by atoms with Crippen molar-refractivity contribution >= 4 is 33.4 Å². The number of para-hydroxylation sites is 1. The molecule has 76 valence electrons. The summed E-state index contributed by atoms with van der Waals surface area (Å²) in [7, 11) is 0. The molecule has 3 N–H and O–H groups in total. The number of rotatable bonds is 2. The van der Waals surface area contributed by atoms with Gasteiger partial charge in [-0.15, -0.1) is 11.8 Å². The van der Waals surface area contributed by atoms with E-state index in [2.05, 4.69) is 39.4 Å². The number of benzene rings is 1. The van der Waals surface area contributed by atoms with Crippen LogP contribution >= 0.6 is 27.7 Å². The van der Waals surface area contributed by atoms with Crippen LogP contribution in [-0.2, 0) is 0 Å². The van der Waals surface area contributed by atoms with Crippen LogP contribution in [0.1, 0.15) is 6.42 Å². The number of anilines is 1. The molecule has 0 amide bonds. The van der Waals surface area contributed by atoms with Gasteiger partial charge < -0.3 is 11.1 Å². The normalized spacial score (nSPS) is 20.0. The number of nitrogens with one attached hydrogen (secondary N) is 1. The standard InChI is InChI=1S/C10H13BrN2S/c11-8-2-1-3-9-10(8)13-7(4-5-12)6-14-9/h1-3,7,13H,4-6,12H2. The van der Waals surface area contributed by atoms with Crippen LogP contribution in [0.15, 0.2) is 27.6 Å². The zero-order chi connectivity index (χ0) is 9.97. The SMILES string of the molecule is NCCC1CSc2cccc(Br)c2N1. The van der Waals surface area contributed by atoms with Crippen LogP contribution in [0.4, 0.5) is 5.69 Å². The van der Waals surface area contributed by atoms with Crippen LogP contribution in [0.5, 0.6) is 0 Å². The third kappa shape index (κ3) is 2.07. The third-order valence-electron chi connectivity index (χ3n) is 2.28. The first-order chi connectivity index (χ1) is 6.81. The van der Waals surface area contributed by atoms with Crippen LogP contribution in [0.25, 0.3) is 0 Å². The highest BCUT2D eigenvalue weighted by Gasteiger charge is 2.18. The Bertz CT molecular complexity index is 330. The van der Waals surface area contributed by atoms with Gasteiger partial charge >= 0.3 is 0 Å². The average Bonchev–Trinajstić information content (AvgIpc) is 2.20. The van der Waals surface area contributed by atoms with Crippen molar-refractivity contribution in [3.05, 3.63) is 22.7 Å². The Labute approximate surface area is 96.8 Å². The summed E-state index contributed by atoms with van der Waals surface area (Å²) in [6, 6.07) is 6.80. The van der Waals surface area contributed by atoms with Gasteiger partial charge in [-0.1, -0.05) is 6.07 Å². The number of halogens is 1. The molecule has 1 aromatic carbocycles. The van der Waals surface area contributed by atoms with Gasteiger partial charge in [0.25, 0.3) is 0 Å². The zero-order valence-electron chi connectivity index (χ0n) is 7.79. The van der Waals surface area contributed by atoms with E-state index >= 15 is 0 Å². The second-order valence-electron chi connectivity index (χ2n) is 3.34. The molecule has 0 aliphatic carbocycles. The predicted octanol–water partition coefficient (Wildman–Crippen LogP) is 2.68. The van der Waals surface area contributed by atoms with Crippen molar-refractivity contribution in [2.45, 2.75) is 17.4 Å². The van der Waals surface area contributed by atoms with Crippen LogP contribution in [-0.4, -0.2) is 18.3 Å². The Balaban J connectivity index is 2.20. The summed E-state index contributed by atoms with van der Waals surface area (Å²) < 4.78 is 1.14. The molecule has 1 aromatic rings. The van der Waals surface area contributed by atoms with Crippen molar-refractivity contribution in [3.63, 3.8) is 0 Å². The van der Waals surface area contributed by atoms with E-state index in [1.54, 1.807) is 0 Å². The number of thioether (sulfide) groups is 1.